The maximum absolute atomic E-state index is 5.59. The van der Waals surface area contributed by atoms with E-state index in [1.54, 1.807) is 18.4 Å². The summed E-state index contributed by atoms with van der Waals surface area (Å²) in [6, 6.07) is 4.68. The number of rotatable bonds is 6. The molecule has 2 heterocycles. The second-order valence-corrected chi connectivity index (χ2v) is 5.94. The lowest BCUT2D eigenvalue weighted by molar-refractivity contribution is 0.222. The van der Waals surface area contributed by atoms with Crippen molar-refractivity contribution < 1.29 is 4.74 Å². The normalized spacial score (nSPS) is 12.3. The van der Waals surface area contributed by atoms with Crippen molar-refractivity contribution in [3.8, 4) is 6.01 Å². The maximum Gasteiger partial charge on any atom is 0.323 e. The van der Waals surface area contributed by atoms with Gasteiger partial charge in [0, 0.05) is 19.0 Å². The van der Waals surface area contributed by atoms with Crippen molar-refractivity contribution in [1.29, 1.82) is 0 Å². The van der Waals surface area contributed by atoms with Crippen LogP contribution in [0.25, 0.3) is 0 Å². The number of hydrogen-bond acceptors (Lipinski definition) is 7. The van der Waals surface area contributed by atoms with Crippen LogP contribution in [0.3, 0.4) is 0 Å². The molecule has 2 aromatic rings. The second kappa shape index (κ2) is 6.71. The third-order valence-corrected chi connectivity index (χ3v) is 4.06. The molecule has 1 N–H and O–H groups in total. The monoisotopic (exact) mass is 307 g/mol. The summed E-state index contributed by atoms with van der Waals surface area (Å²) in [5.74, 6) is 1.09. The van der Waals surface area contributed by atoms with Gasteiger partial charge >= 0.3 is 6.01 Å². The van der Waals surface area contributed by atoms with Gasteiger partial charge in [-0.2, -0.15) is 15.0 Å². The average Bonchev–Trinajstić information content (AvgIpc) is 2.98. The number of ether oxygens (including phenoxy) is 1. The minimum Gasteiger partial charge on any atom is -0.461 e. The molecule has 114 valence electrons. The molecule has 21 heavy (non-hydrogen) atoms. The van der Waals surface area contributed by atoms with Crippen LogP contribution in [0.2, 0.25) is 0 Å². The van der Waals surface area contributed by atoms with E-state index in [0.29, 0.717) is 17.9 Å². The van der Waals surface area contributed by atoms with Gasteiger partial charge in [-0.05, 0) is 32.2 Å². The van der Waals surface area contributed by atoms with Crippen LogP contribution in [0.15, 0.2) is 17.5 Å². The Kier molecular flexibility index (Phi) is 4.95. The number of anilines is 2. The fraction of sp³-hybridized carbons (Fsp3) is 0.500. The number of thiophene rings is 1. The summed E-state index contributed by atoms with van der Waals surface area (Å²) >= 11 is 1.72. The maximum atomic E-state index is 5.59. The highest BCUT2D eigenvalue weighted by Gasteiger charge is 2.18. The number of aromatic nitrogens is 3. The predicted molar refractivity (Wildman–Crippen MR) is 86.3 cm³/mol. The van der Waals surface area contributed by atoms with Gasteiger partial charge in [-0.15, -0.1) is 11.3 Å². The molecule has 1 unspecified atom stereocenters. The number of nitrogens with zero attached hydrogens (tertiary/aromatic N) is 4. The summed E-state index contributed by atoms with van der Waals surface area (Å²) in [7, 11) is 3.75. The Hall–Kier alpha value is -1.89. The summed E-state index contributed by atoms with van der Waals surface area (Å²) in [5.41, 5.74) is 0. The van der Waals surface area contributed by atoms with Crippen molar-refractivity contribution in [2.75, 3.05) is 24.3 Å². The zero-order chi connectivity index (χ0) is 15.4. The first kappa shape index (κ1) is 15.5. The summed E-state index contributed by atoms with van der Waals surface area (Å²) < 4.78 is 5.59. The van der Waals surface area contributed by atoms with E-state index in [2.05, 4.69) is 38.6 Å². The van der Waals surface area contributed by atoms with Gasteiger partial charge in [0.05, 0.1) is 12.1 Å². The van der Waals surface area contributed by atoms with Crippen molar-refractivity contribution in [2.24, 2.45) is 0 Å². The molecule has 1 atom stereocenters. The third kappa shape index (κ3) is 3.81. The lowest BCUT2D eigenvalue weighted by Gasteiger charge is -2.24. The van der Waals surface area contributed by atoms with E-state index in [0.717, 1.165) is 0 Å². The summed E-state index contributed by atoms with van der Waals surface area (Å²) in [6.45, 7) is 6.01. The van der Waals surface area contributed by atoms with Gasteiger partial charge in [-0.1, -0.05) is 6.07 Å². The van der Waals surface area contributed by atoms with Gasteiger partial charge in [0.1, 0.15) is 0 Å². The van der Waals surface area contributed by atoms with E-state index >= 15 is 0 Å². The third-order valence-electron chi connectivity index (χ3n) is 3.02. The van der Waals surface area contributed by atoms with Crippen LogP contribution >= 0.6 is 11.3 Å². The van der Waals surface area contributed by atoms with E-state index in [4.69, 9.17) is 4.74 Å². The van der Waals surface area contributed by atoms with Crippen LogP contribution in [0, 0.1) is 0 Å². The van der Waals surface area contributed by atoms with E-state index in [9.17, 15) is 0 Å². The minimum atomic E-state index is 0.0185. The van der Waals surface area contributed by atoms with E-state index in [1.165, 1.54) is 4.88 Å². The SMILES string of the molecule is CNc1nc(OC(C)C)nc(N(C)C(C)c2cccs2)n1. The van der Waals surface area contributed by atoms with Gasteiger partial charge in [-0.25, -0.2) is 0 Å². The average molecular weight is 307 g/mol. The molecule has 6 nitrogen and oxygen atoms in total. The number of nitrogens with one attached hydrogen (secondary N) is 1. The Morgan fingerprint density at radius 2 is 2.00 bits per heavy atom. The van der Waals surface area contributed by atoms with Gasteiger partial charge in [0.25, 0.3) is 0 Å². The Labute approximate surface area is 129 Å². The van der Waals surface area contributed by atoms with E-state index < -0.39 is 0 Å². The van der Waals surface area contributed by atoms with Crippen molar-refractivity contribution >= 4 is 23.2 Å². The van der Waals surface area contributed by atoms with Crippen molar-refractivity contribution in [2.45, 2.75) is 32.9 Å². The molecule has 0 radical (unpaired) electrons. The first-order chi connectivity index (χ1) is 10.0. The van der Waals surface area contributed by atoms with Crippen LogP contribution in [-0.4, -0.2) is 35.2 Å². The van der Waals surface area contributed by atoms with E-state index in [-0.39, 0.29) is 12.1 Å². The van der Waals surface area contributed by atoms with E-state index in [1.807, 2.05) is 31.9 Å². The Morgan fingerprint density at radius 1 is 1.24 bits per heavy atom. The van der Waals surface area contributed by atoms with Gasteiger partial charge in [0.15, 0.2) is 0 Å². The molecule has 0 saturated carbocycles. The fourth-order valence-electron chi connectivity index (χ4n) is 1.77. The number of hydrogen-bond donors (Lipinski definition) is 1. The molecular formula is C14H21N5OS. The minimum absolute atomic E-state index is 0.0185. The molecule has 0 spiro atoms. The van der Waals surface area contributed by atoms with Gasteiger partial charge in [0.2, 0.25) is 11.9 Å². The quantitative estimate of drug-likeness (QED) is 0.885. The molecule has 0 saturated heterocycles. The highest BCUT2D eigenvalue weighted by molar-refractivity contribution is 7.10. The van der Waals surface area contributed by atoms with Crippen LogP contribution in [0.4, 0.5) is 11.9 Å². The summed E-state index contributed by atoms with van der Waals surface area (Å²) in [4.78, 5) is 16.3. The fourth-order valence-corrected chi connectivity index (χ4v) is 2.60. The first-order valence-corrected chi connectivity index (χ1v) is 7.76. The Morgan fingerprint density at radius 3 is 2.57 bits per heavy atom. The smallest absolute Gasteiger partial charge is 0.323 e. The van der Waals surface area contributed by atoms with Gasteiger partial charge < -0.3 is 15.0 Å². The molecule has 2 rings (SSSR count). The highest BCUT2D eigenvalue weighted by Crippen LogP contribution is 2.27. The van der Waals surface area contributed by atoms with Crippen molar-refractivity contribution in [1.82, 2.24) is 15.0 Å². The van der Waals surface area contributed by atoms with Crippen LogP contribution in [0.1, 0.15) is 31.7 Å². The zero-order valence-corrected chi connectivity index (χ0v) is 13.8. The molecule has 7 heteroatoms. The molecule has 0 aromatic carbocycles. The molecule has 2 aromatic heterocycles. The molecule has 0 fully saturated rings. The standard InChI is InChI=1S/C14H21N5OS/c1-9(2)20-14-17-12(15-4)16-13(18-14)19(5)10(3)11-7-6-8-21-11/h6-10H,1-5H3,(H,15,16,17,18). The molecule has 0 aliphatic carbocycles. The second-order valence-electron chi connectivity index (χ2n) is 4.96. The molecule has 0 aliphatic rings. The predicted octanol–water partition coefficient (Wildman–Crippen LogP) is 2.96. The molecule has 0 bridgehead atoms. The zero-order valence-electron chi connectivity index (χ0n) is 13.0. The van der Waals surface area contributed by atoms with Crippen LogP contribution < -0.4 is 15.0 Å². The summed E-state index contributed by atoms with van der Waals surface area (Å²) in [5, 5.41) is 5.01. The van der Waals surface area contributed by atoms with Crippen LogP contribution in [0.5, 0.6) is 6.01 Å². The Balaban J connectivity index is 2.28. The molecular weight excluding hydrogens is 286 g/mol. The summed E-state index contributed by atoms with van der Waals surface area (Å²) in [6.07, 6.45) is 0.0185. The Bertz CT molecular complexity index is 573. The van der Waals surface area contributed by atoms with Gasteiger partial charge in [-0.3, -0.25) is 0 Å². The first-order valence-electron chi connectivity index (χ1n) is 6.88. The lowest BCUT2D eigenvalue weighted by Crippen LogP contribution is -2.24. The van der Waals surface area contributed by atoms with Crippen molar-refractivity contribution in [3.63, 3.8) is 0 Å². The lowest BCUT2D eigenvalue weighted by atomic mass is 10.2. The topological polar surface area (TPSA) is 63.2 Å². The van der Waals surface area contributed by atoms with Crippen molar-refractivity contribution in [3.05, 3.63) is 22.4 Å². The highest BCUT2D eigenvalue weighted by atomic mass is 32.1. The largest absolute Gasteiger partial charge is 0.461 e. The molecule has 0 amide bonds. The molecule has 0 aliphatic heterocycles. The van der Waals surface area contributed by atoms with Crippen LogP contribution in [-0.2, 0) is 0 Å².